The van der Waals surface area contributed by atoms with Gasteiger partial charge in [0.15, 0.2) is 0 Å². The molecule has 8 heteroatoms. The molecule has 1 aromatic carbocycles. The normalized spacial score (nSPS) is 13.1. The van der Waals surface area contributed by atoms with Gasteiger partial charge in [-0.3, -0.25) is 0 Å². The van der Waals surface area contributed by atoms with Crippen LogP contribution in [0.2, 0.25) is 0 Å². The number of benzene rings is 1. The maximum atomic E-state index is 12.5. The molecular formula is C11H10F6N2. The van der Waals surface area contributed by atoms with E-state index >= 15 is 0 Å². The van der Waals surface area contributed by atoms with Gasteiger partial charge in [-0.25, -0.2) is 4.99 Å². The van der Waals surface area contributed by atoms with Gasteiger partial charge in [0, 0.05) is 14.1 Å². The van der Waals surface area contributed by atoms with Gasteiger partial charge in [0.1, 0.15) is 0 Å². The maximum Gasteiger partial charge on any atom is 0.416 e. The molecule has 0 amide bonds. The molecule has 0 aliphatic heterocycles. The Bertz CT molecular complexity index is 441. The van der Waals surface area contributed by atoms with Gasteiger partial charge in [0.05, 0.1) is 23.2 Å². The van der Waals surface area contributed by atoms with Crippen LogP contribution in [0.4, 0.5) is 32.0 Å². The third-order valence-corrected chi connectivity index (χ3v) is 2.01. The lowest BCUT2D eigenvalue weighted by Gasteiger charge is -2.12. The summed E-state index contributed by atoms with van der Waals surface area (Å²) in [7, 11) is 3.09. The molecule has 2 nitrogen and oxygen atoms in total. The van der Waals surface area contributed by atoms with E-state index in [4.69, 9.17) is 0 Å². The molecule has 0 aliphatic rings. The fourth-order valence-electron chi connectivity index (χ4n) is 1.20. The molecule has 0 spiro atoms. The topological polar surface area (TPSA) is 15.6 Å². The molecule has 0 aliphatic carbocycles. The third kappa shape index (κ3) is 4.46. The predicted octanol–water partition coefficient (Wildman–Crippen LogP) is 3.95. The first-order valence-corrected chi connectivity index (χ1v) is 5.00. The second-order valence-corrected chi connectivity index (χ2v) is 3.97. The highest BCUT2D eigenvalue weighted by atomic mass is 19.4. The van der Waals surface area contributed by atoms with Crippen LogP contribution in [0, 0.1) is 0 Å². The van der Waals surface area contributed by atoms with Crippen molar-refractivity contribution in [1.82, 2.24) is 4.90 Å². The second-order valence-electron chi connectivity index (χ2n) is 3.97. The summed E-state index contributed by atoms with van der Waals surface area (Å²) in [6.07, 6.45) is -8.59. The van der Waals surface area contributed by atoms with Crippen molar-refractivity contribution in [2.45, 2.75) is 12.4 Å². The summed E-state index contributed by atoms with van der Waals surface area (Å²) in [4.78, 5) is 4.95. The highest BCUT2D eigenvalue weighted by Crippen LogP contribution is 2.38. The molecule has 0 fully saturated rings. The highest BCUT2D eigenvalue weighted by molar-refractivity contribution is 5.61. The van der Waals surface area contributed by atoms with Crippen LogP contribution in [0.5, 0.6) is 0 Å². The molecule has 1 aromatic rings. The van der Waals surface area contributed by atoms with Crippen LogP contribution in [0.3, 0.4) is 0 Å². The molecule has 1 rings (SSSR count). The molecule has 0 atom stereocenters. The minimum atomic E-state index is -4.86. The Morgan fingerprint density at radius 2 is 1.32 bits per heavy atom. The molecule has 0 N–H and O–H groups in total. The largest absolute Gasteiger partial charge is 0.416 e. The zero-order chi connectivity index (χ0) is 14.8. The van der Waals surface area contributed by atoms with E-state index in [-0.39, 0.29) is 6.07 Å². The summed E-state index contributed by atoms with van der Waals surface area (Å²) in [5, 5.41) is 0. The van der Waals surface area contributed by atoms with Crippen molar-refractivity contribution in [3.63, 3.8) is 0 Å². The van der Waals surface area contributed by atoms with Gasteiger partial charge in [-0.2, -0.15) is 26.3 Å². The van der Waals surface area contributed by atoms with E-state index in [1.165, 1.54) is 4.90 Å². The van der Waals surface area contributed by atoms with Crippen LogP contribution in [-0.2, 0) is 12.4 Å². The van der Waals surface area contributed by atoms with E-state index in [1.54, 1.807) is 14.1 Å². The number of hydrogen-bond donors (Lipinski definition) is 0. The number of halogens is 6. The first kappa shape index (κ1) is 15.3. The van der Waals surface area contributed by atoms with E-state index in [0.29, 0.717) is 12.1 Å². The average molecular weight is 284 g/mol. The first-order chi connectivity index (χ1) is 8.50. The smallest absolute Gasteiger partial charge is 0.369 e. The van der Waals surface area contributed by atoms with Crippen LogP contribution < -0.4 is 0 Å². The summed E-state index contributed by atoms with van der Waals surface area (Å²) in [5.74, 6) is 0. The molecule has 19 heavy (non-hydrogen) atoms. The van der Waals surface area contributed by atoms with Crippen LogP contribution in [0.1, 0.15) is 11.1 Å². The van der Waals surface area contributed by atoms with Crippen molar-refractivity contribution >= 4 is 12.0 Å². The zero-order valence-electron chi connectivity index (χ0n) is 9.97. The molecule has 106 valence electrons. The lowest BCUT2D eigenvalue weighted by Crippen LogP contribution is -2.11. The Kier molecular flexibility index (Phi) is 4.12. The van der Waals surface area contributed by atoms with Crippen LogP contribution in [0.15, 0.2) is 23.2 Å². The minimum Gasteiger partial charge on any atom is -0.369 e. The SMILES string of the molecule is CN(C)C=Nc1cc(C(F)(F)F)cc(C(F)(F)F)c1. The van der Waals surface area contributed by atoms with E-state index in [2.05, 4.69) is 4.99 Å². The molecule has 0 radical (unpaired) electrons. The molecule has 0 bridgehead atoms. The monoisotopic (exact) mass is 284 g/mol. The van der Waals surface area contributed by atoms with Crippen molar-refractivity contribution in [1.29, 1.82) is 0 Å². The Morgan fingerprint density at radius 3 is 1.63 bits per heavy atom. The summed E-state index contributed by atoms with van der Waals surface area (Å²) in [5.41, 5.74) is -3.17. The van der Waals surface area contributed by atoms with Crippen molar-refractivity contribution in [2.75, 3.05) is 14.1 Å². The quantitative estimate of drug-likeness (QED) is 0.456. The number of rotatable bonds is 2. The van der Waals surface area contributed by atoms with Crippen LogP contribution in [-0.4, -0.2) is 25.3 Å². The second kappa shape index (κ2) is 5.10. The lowest BCUT2D eigenvalue weighted by molar-refractivity contribution is -0.143. The fourth-order valence-corrected chi connectivity index (χ4v) is 1.20. The van der Waals surface area contributed by atoms with Crippen molar-refractivity contribution in [2.24, 2.45) is 4.99 Å². The van der Waals surface area contributed by atoms with Crippen LogP contribution in [0.25, 0.3) is 0 Å². The van der Waals surface area contributed by atoms with E-state index in [1.807, 2.05) is 0 Å². The molecular weight excluding hydrogens is 274 g/mol. The van der Waals surface area contributed by atoms with Gasteiger partial charge in [-0.1, -0.05) is 0 Å². The van der Waals surface area contributed by atoms with Gasteiger partial charge in [0.2, 0.25) is 0 Å². The maximum absolute atomic E-state index is 12.5. The standard InChI is InChI=1S/C11H10F6N2/c1-19(2)6-18-9-4-7(10(12,13)14)3-8(5-9)11(15,16)17/h3-6H,1-2H3. The minimum absolute atomic E-state index is 0.0642. The summed E-state index contributed by atoms with van der Waals surface area (Å²) >= 11 is 0. The van der Waals surface area contributed by atoms with Crippen molar-refractivity contribution < 1.29 is 26.3 Å². The Labute approximate surface area is 105 Å². The number of hydrogen-bond acceptors (Lipinski definition) is 1. The number of alkyl halides is 6. The van der Waals surface area contributed by atoms with E-state index < -0.39 is 29.2 Å². The zero-order valence-corrected chi connectivity index (χ0v) is 9.97. The van der Waals surface area contributed by atoms with Crippen LogP contribution >= 0.6 is 0 Å². The highest BCUT2D eigenvalue weighted by Gasteiger charge is 2.36. The lowest BCUT2D eigenvalue weighted by atomic mass is 10.1. The third-order valence-electron chi connectivity index (χ3n) is 2.01. The van der Waals surface area contributed by atoms with Gasteiger partial charge >= 0.3 is 12.4 Å². The number of aliphatic imine (C=N–C) groups is 1. The summed E-state index contributed by atoms with van der Waals surface area (Å²) in [6, 6.07) is 1.19. The van der Waals surface area contributed by atoms with Gasteiger partial charge in [0.25, 0.3) is 0 Å². The predicted molar refractivity (Wildman–Crippen MR) is 58.3 cm³/mol. The van der Waals surface area contributed by atoms with Crippen molar-refractivity contribution in [3.8, 4) is 0 Å². The van der Waals surface area contributed by atoms with Gasteiger partial charge in [-0.05, 0) is 18.2 Å². The van der Waals surface area contributed by atoms with Gasteiger partial charge < -0.3 is 4.90 Å². The molecule has 0 saturated carbocycles. The van der Waals surface area contributed by atoms with Crippen molar-refractivity contribution in [3.05, 3.63) is 29.3 Å². The molecule has 0 heterocycles. The van der Waals surface area contributed by atoms with E-state index in [9.17, 15) is 26.3 Å². The molecule has 0 saturated heterocycles. The first-order valence-electron chi connectivity index (χ1n) is 5.00. The Balaban J connectivity index is 3.33. The summed E-state index contributed by atoms with van der Waals surface area (Å²) in [6.45, 7) is 0. The summed E-state index contributed by atoms with van der Waals surface area (Å²) < 4.78 is 75.0. The van der Waals surface area contributed by atoms with Gasteiger partial charge in [-0.15, -0.1) is 0 Å². The Morgan fingerprint density at radius 1 is 0.895 bits per heavy atom. The molecule has 0 aromatic heterocycles. The fraction of sp³-hybridized carbons (Fsp3) is 0.364. The molecule has 0 unspecified atom stereocenters. The number of nitrogens with zero attached hydrogens (tertiary/aromatic N) is 2. The van der Waals surface area contributed by atoms with E-state index in [0.717, 1.165) is 6.34 Å². The average Bonchev–Trinajstić information content (AvgIpc) is 2.23. The Hall–Kier alpha value is -1.73.